The molecule has 188 valence electrons. The zero-order chi connectivity index (χ0) is 24.4. The molecule has 4 nitrogen and oxygen atoms in total. The number of benzene rings is 2. The van der Waals surface area contributed by atoms with Crippen LogP contribution < -0.4 is 8.97 Å². The Labute approximate surface area is 217 Å². The number of para-hydroxylation sites is 2. The van der Waals surface area contributed by atoms with Gasteiger partial charge in [-0.3, -0.25) is 0 Å². The molecule has 2 aromatic rings. The molecule has 5 aliphatic rings. The molecule has 2 aliphatic carbocycles. The molecule has 7 rings (SSSR count). The Hall–Kier alpha value is -2.30. The highest BCUT2D eigenvalue weighted by Gasteiger charge is 2.86. The summed E-state index contributed by atoms with van der Waals surface area (Å²) in [6.45, 7) is 4.53. The summed E-state index contributed by atoms with van der Waals surface area (Å²) in [4.78, 5) is 0. The molecule has 0 aromatic heterocycles. The molecule has 36 heavy (non-hydrogen) atoms. The van der Waals surface area contributed by atoms with Crippen molar-refractivity contribution in [2.45, 2.75) is 89.6 Å². The molecule has 0 radical (unpaired) electrons. The Morgan fingerprint density at radius 2 is 0.972 bits per heavy atom. The van der Waals surface area contributed by atoms with Gasteiger partial charge in [-0.05, 0) is 37.8 Å². The van der Waals surface area contributed by atoms with Gasteiger partial charge in [0.1, 0.15) is 13.1 Å². The lowest BCUT2D eigenvalue weighted by molar-refractivity contribution is -0.895. The van der Waals surface area contributed by atoms with E-state index in [-0.39, 0.29) is 5.91 Å². The van der Waals surface area contributed by atoms with E-state index in [1.54, 1.807) is 33.9 Å². The van der Waals surface area contributed by atoms with Gasteiger partial charge >= 0.3 is 5.91 Å². The topological polar surface area (TPSA) is 6.02 Å². The number of quaternary nitrogens is 2. The molecule has 2 atom stereocenters. The Kier molecular flexibility index (Phi) is 5.31. The predicted molar refractivity (Wildman–Crippen MR) is 150 cm³/mol. The molecule has 4 heteroatoms. The summed E-state index contributed by atoms with van der Waals surface area (Å²) in [5.74, 6) is -0.152. The van der Waals surface area contributed by atoms with Gasteiger partial charge in [0.15, 0.2) is 35.9 Å². The van der Waals surface area contributed by atoms with Crippen LogP contribution in [0.15, 0.2) is 48.5 Å². The maximum absolute atomic E-state index is 3.01. The van der Waals surface area contributed by atoms with Gasteiger partial charge in [-0.25, -0.2) is 0 Å². The minimum atomic E-state index is -0.152. The first-order valence-corrected chi connectivity index (χ1v) is 14.7. The number of nitrogens with zero attached hydrogens (tertiary/aromatic N) is 4. The van der Waals surface area contributed by atoms with E-state index in [0.29, 0.717) is 0 Å². The van der Waals surface area contributed by atoms with Crippen LogP contribution in [0.1, 0.15) is 81.8 Å². The molecule has 0 N–H and O–H groups in total. The Bertz CT molecular complexity index is 1160. The van der Waals surface area contributed by atoms with E-state index in [4.69, 9.17) is 0 Å². The standard InChI is InChI=1S/C32H44N4/c1-35-22-13-23-36(2)31-21-12-10-15-27(31)25-34(29-18-7-4-8-19-29)32(35,36)33(28-16-5-3-6-17-28)24-26-14-9-11-20-30(26)35/h9-12,14-15,20-21H,3-8,13,16-19,22-25H2,1-2H3/q+4. The molecular weight excluding hydrogens is 440 g/mol. The van der Waals surface area contributed by atoms with Crippen LogP contribution in [0.4, 0.5) is 11.4 Å². The fourth-order valence-electron chi connectivity index (χ4n) is 9.18. The van der Waals surface area contributed by atoms with Crippen molar-refractivity contribution < 1.29 is 9.15 Å². The van der Waals surface area contributed by atoms with E-state index in [0.717, 1.165) is 22.1 Å². The zero-order valence-corrected chi connectivity index (χ0v) is 22.5. The summed E-state index contributed by atoms with van der Waals surface area (Å²) < 4.78 is 8.01. The Morgan fingerprint density at radius 1 is 0.556 bits per heavy atom. The number of rotatable bonds is 0. The molecule has 0 bridgehead atoms. The first-order chi connectivity index (χ1) is 17.6. The monoisotopic (exact) mass is 484 g/mol. The van der Waals surface area contributed by atoms with Crippen molar-refractivity contribution in [3.63, 3.8) is 0 Å². The van der Waals surface area contributed by atoms with Crippen LogP contribution in [0.2, 0.25) is 0 Å². The van der Waals surface area contributed by atoms with Crippen LogP contribution in [0.5, 0.6) is 0 Å². The van der Waals surface area contributed by atoms with Crippen LogP contribution in [0.3, 0.4) is 0 Å². The predicted octanol–water partition coefficient (Wildman–Crippen LogP) is 6.14. The molecule has 2 saturated carbocycles. The normalized spacial score (nSPS) is 33.9. The molecule has 3 heterocycles. The van der Waals surface area contributed by atoms with Crippen molar-refractivity contribution in [1.29, 1.82) is 0 Å². The summed E-state index contributed by atoms with van der Waals surface area (Å²) in [7, 11) is 5.21. The van der Waals surface area contributed by atoms with Crippen LogP contribution in [-0.2, 0) is 13.1 Å². The average molecular weight is 485 g/mol. The summed E-state index contributed by atoms with van der Waals surface area (Å²) in [6.07, 6.45) is 14.5. The van der Waals surface area contributed by atoms with Gasteiger partial charge in [0.25, 0.3) is 0 Å². The third-order valence-corrected chi connectivity index (χ3v) is 10.6. The molecule has 3 aliphatic heterocycles. The maximum atomic E-state index is 3.01. The van der Waals surface area contributed by atoms with Crippen LogP contribution in [0.25, 0.3) is 0 Å². The molecule has 2 unspecified atom stereocenters. The van der Waals surface area contributed by atoms with Gasteiger partial charge in [-0.1, -0.05) is 46.3 Å². The van der Waals surface area contributed by atoms with E-state index in [9.17, 15) is 0 Å². The number of hydrogen-bond acceptors (Lipinski definition) is 0. The van der Waals surface area contributed by atoms with Gasteiger partial charge in [-0.15, -0.1) is 8.97 Å². The van der Waals surface area contributed by atoms with E-state index >= 15 is 0 Å². The first-order valence-electron chi connectivity index (χ1n) is 14.7. The van der Waals surface area contributed by atoms with Gasteiger partial charge in [-0.2, -0.15) is 0 Å². The Balaban J connectivity index is 1.64. The van der Waals surface area contributed by atoms with Crippen LogP contribution in [0, 0.1) is 0 Å². The van der Waals surface area contributed by atoms with Crippen LogP contribution in [-0.4, -0.2) is 53.7 Å². The van der Waals surface area contributed by atoms with Crippen molar-refractivity contribution in [2.24, 2.45) is 0 Å². The summed E-state index contributed by atoms with van der Waals surface area (Å²) in [5, 5.41) is 0. The average Bonchev–Trinajstić information content (AvgIpc) is 2.93. The van der Waals surface area contributed by atoms with Crippen molar-refractivity contribution in [3.05, 3.63) is 59.7 Å². The fraction of sp³-hybridized carbons (Fsp3) is 0.562. The number of hydrogen-bond donors (Lipinski definition) is 0. The molecule has 1 saturated heterocycles. The summed E-state index contributed by atoms with van der Waals surface area (Å²) >= 11 is 0. The zero-order valence-electron chi connectivity index (χ0n) is 22.5. The molecule has 2 aromatic carbocycles. The lowest BCUT2D eigenvalue weighted by Crippen LogP contribution is -2.92. The highest BCUT2D eigenvalue weighted by atomic mass is 15.8. The van der Waals surface area contributed by atoms with E-state index < -0.39 is 0 Å². The quantitative estimate of drug-likeness (QED) is 0.313. The molecular formula is C32H44N4+4. The minimum absolute atomic E-state index is 0.152. The SMILES string of the molecule is C[N+]12CCC[N+]3(C)c4ccccc4C[N+](=C4CCCCC4)C13[N+](=C1CCCCC1)Cc1ccccc12. The van der Waals surface area contributed by atoms with Gasteiger partial charge in [0.2, 0.25) is 0 Å². The highest BCUT2D eigenvalue weighted by molar-refractivity contribution is 5.82. The summed E-state index contributed by atoms with van der Waals surface area (Å²) in [5.41, 5.74) is 9.68. The minimum Gasteiger partial charge on any atom is -0.118 e. The van der Waals surface area contributed by atoms with E-state index in [1.165, 1.54) is 83.7 Å². The van der Waals surface area contributed by atoms with Crippen molar-refractivity contribution >= 4 is 22.8 Å². The van der Waals surface area contributed by atoms with Crippen molar-refractivity contribution in [3.8, 4) is 0 Å². The lowest BCUT2D eigenvalue weighted by atomic mass is 9.89. The molecule has 3 fully saturated rings. The van der Waals surface area contributed by atoms with Crippen molar-refractivity contribution in [1.82, 2.24) is 8.97 Å². The van der Waals surface area contributed by atoms with E-state index in [2.05, 4.69) is 71.8 Å². The van der Waals surface area contributed by atoms with Gasteiger partial charge in [0.05, 0.1) is 25.2 Å². The van der Waals surface area contributed by atoms with Crippen LogP contribution >= 0.6 is 0 Å². The second-order valence-electron chi connectivity index (χ2n) is 12.5. The van der Waals surface area contributed by atoms with Gasteiger partial charge < -0.3 is 0 Å². The highest BCUT2D eigenvalue weighted by Crippen LogP contribution is 2.54. The fourth-order valence-corrected chi connectivity index (χ4v) is 9.18. The maximum Gasteiger partial charge on any atom is 0.622 e. The largest absolute Gasteiger partial charge is 0.622 e. The molecule has 0 amide bonds. The second-order valence-corrected chi connectivity index (χ2v) is 12.5. The summed E-state index contributed by atoms with van der Waals surface area (Å²) in [6, 6.07) is 18.9. The van der Waals surface area contributed by atoms with Gasteiger partial charge in [0, 0.05) is 44.2 Å². The Morgan fingerprint density at radius 3 is 1.42 bits per heavy atom. The second kappa shape index (κ2) is 8.36. The number of fused-ring (bicyclic) bond motifs is 4. The van der Waals surface area contributed by atoms with Crippen molar-refractivity contribution in [2.75, 3.05) is 27.2 Å². The third-order valence-electron chi connectivity index (χ3n) is 10.6. The molecule has 1 spiro atoms. The van der Waals surface area contributed by atoms with E-state index in [1.807, 2.05) is 0 Å². The first kappa shape index (κ1) is 22.9. The smallest absolute Gasteiger partial charge is 0.118 e. The third kappa shape index (κ3) is 2.89. The lowest BCUT2D eigenvalue weighted by Gasteiger charge is -2.56.